The second-order valence-electron chi connectivity index (χ2n) is 10.5. The van der Waals surface area contributed by atoms with Gasteiger partial charge in [-0.2, -0.15) is 0 Å². The van der Waals surface area contributed by atoms with Crippen molar-refractivity contribution in [2.45, 2.75) is 92.2 Å². The first-order valence-corrected chi connectivity index (χ1v) is 13.7. The fraction of sp³-hybridized carbons (Fsp3) is 0.750. The van der Waals surface area contributed by atoms with Crippen LogP contribution in [0.2, 0.25) is 0 Å². The van der Waals surface area contributed by atoms with Crippen LogP contribution in [0.4, 0.5) is 15.8 Å². The Bertz CT molecular complexity index is 1210. The average molecular weight is 673 g/mol. The van der Waals surface area contributed by atoms with Gasteiger partial charge < -0.3 is 74.4 Å². The first-order valence-electron chi connectivity index (χ1n) is 13.7. The molecule has 15 atom stereocenters. The summed E-state index contributed by atoms with van der Waals surface area (Å²) in [4.78, 5) is 20.4. The molecular formula is C24H33FN2O19. The molecule has 9 N–H and O–H groups in total. The van der Waals surface area contributed by atoms with Crippen molar-refractivity contribution in [1.29, 1.82) is 0 Å². The van der Waals surface area contributed by atoms with Crippen LogP contribution in [0.25, 0.3) is 0 Å². The zero-order valence-corrected chi connectivity index (χ0v) is 23.4. The summed E-state index contributed by atoms with van der Waals surface area (Å²) in [5.74, 6) is -0.670. The van der Waals surface area contributed by atoms with E-state index in [0.29, 0.717) is 6.07 Å². The van der Waals surface area contributed by atoms with E-state index < -0.39 is 139 Å². The lowest BCUT2D eigenvalue weighted by atomic mass is 9.96. The van der Waals surface area contributed by atoms with Crippen molar-refractivity contribution in [3.8, 4) is 5.75 Å². The van der Waals surface area contributed by atoms with Gasteiger partial charge >= 0.3 is 5.69 Å². The minimum absolute atomic E-state index is 0.552. The van der Waals surface area contributed by atoms with Crippen LogP contribution >= 0.6 is 0 Å². The Kier molecular flexibility index (Phi) is 11.7. The molecule has 0 aliphatic carbocycles. The third kappa shape index (κ3) is 7.19. The number of aliphatic hydroxyl groups is 9. The Morgan fingerprint density at radius 3 is 1.70 bits per heavy atom. The largest absolute Gasteiger partial charge is 0.454 e. The summed E-state index contributed by atoms with van der Waals surface area (Å²) >= 11 is 0. The number of aliphatic hydroxyl groups excluding tert-OH is 9. The Balaban J connectivity index is 1.46. The van der Waals surface area contributed by atoms with Gasteiger partial charge in [-0.1, -0.05) is 0 Å². The molecule has 3 heterocycles. The number of nitrogens with zero attached hydrogens (tertiary/aromatic N) is 2. The molecule has 1 aromatic rings. The van der Waals surface area contributed by atoms with Crippen molar-refractivity contribution in [1.82, 2.24) is 0 Å². The number of halogens is 1. The molecule has 0 spiro atoms. The molecule has 260 valence electrons. The van der Waals surface area contributed by atoms with Gasteiger partial charge in [-0.25, -0.2) is 4.39 Å². The van der Waals surface area contributed by atoms with Crippen LogP contribution < -0.4 is 4.74 Å². The fourth-order valence-electron chi connectivity index (χ4n) is 5.10. The van der Waals surface area contributed by atoms with Crippen molar-refractivity contribution in [2.24, 2.45) is 0 Å². The molecule has 0 bridgehead atoms. The third-order valence-corrected chi connectivity index (χ3v) is 7.62. The van der Waals surface area contributed by atoms with Crippen LogP contribution in [0.3, 0.4) is 0 Å². The molecule has 0 amide bonds. The normalized spacial score (nSPS) is 41.6. The van der Waals surface area contributed by atoms with E-state index in [4.69, 9.17) is 28.4 Å². The zero-order chi connectivity index (χ0) is 34.0. The van der Waals surface area contributed by atoms with Crippen molar-refractivity contribution in [2.75, 3.05) is 19.8 Å². The summed E-state index contributed by atoms with van der Waals surface area (Å²) in [7, 11) is 0. The van der Waals surface area contributed by atoms with Gasteiger partial charge in [0.05, 0.1) is 35.7 Å². The maximum Gasteiger partial charge on any atom is 0.317 e. The predicted octanol–water partition coefficient (Wildman–Crippen LogP) is -4.69. The lowest BCUT2D eigenvalue weighted by Gasteiger charge is -2.47. The van der Waals surface area contributed by atoms with E-state index in [-0.39, 0.29) is 0 Å². The van der Waals surface area contributed by atoms with E-state index in [2.05, 4.69) is 0 Å². The summed E-state index contributed by atoms with van der Waals surface area (Å²) in [5, 5.41) is 114. The molecule has 0 radical (unpaired) electrons. The van der Waals surface area contributed by atoms with Gasteiger partial charge in [0, 0.05) is 6.07 Å². The molecule has 22 heteroatoms. The minimum Gasteiger partial charge on any atom is -0.454 e. The predicted molar refractivity (Wildman–Crippen MR) is 138 cm³/mol. The Labute approximate surface area is 256 Å². The number of hydrogen-bond acceptors (Lipinski definition) is 19. The lowest BCUT2D eigenvalue weighted by Crippen LogP contribution is -2.66. The topological polar surface area (TPSA) is 324 Å². The number of non-ortho nitro benzene ring substituents is 1. The van der Waals surface area contributed by atoms with Gasteiger partial charge in [0.1, 0.15) is 67.1 Å². The summed E-state index contributed by atoms with van der Waals surface area (Å²) in [6.45, 7) is -2.73. The van der Waals surface area contributed by atoms with E-state index in [1.165, 1.54) is 0 Å². The highest BCUT2D eigenvalue weighted by molar-refractivity contribution is 5.53. The summed E-state index contributed by atoms with van der Waals surface area (Å²) in [5.41, 5.74) is -1.60. The van der Waals surface area contributed by atoms with E-state index in [1.54, 1.807) is 0 Å². The van der Waals surface area contributed by atoms with Gasteiger partial charge in [-0.3, -0.25) is 20.2 Å². The summed E-state index contributed by atoms with van der Waals surface area (Å²) < 4.78 is 47.4. The highest BCUT2D eigenvalue weighted by Gasteiger charge is 2.54. The molecule has 46 heavy (non-hydrogen) atoms. The van der Waals surface area contributed by atoms with Crippen molar-refractivity contribution in [3.63, 3.8) is 0 Å². The zero-order valence-electron chi connectivity index (χ0n) is 23.4. The molecule has 3 fully saturated rings. The quantitative estimate of drug-likeness (QED) is 0.0787. The van der Waals surface area contributed by atoms with E-state index in [1.807, 2.05) is 0 Å². The second kappa shape index (κ2) is 15.0. The van der Waals surface area contributed by atoms with Crippen molar-refractivity contribution in [3.05, 3.63) is 38.4 Å². The van der Waals surface area contributed by atoms with Gasteiger partial charge in [-0.05, 0) is 6.07 Å². The molecule has 3 aliphatic rings. The number of hydrogen-bond donors (Lipinski definition) is 9. The van der Waals surface area contributed by atoms with Crippen molar-refractivity contribution >= 4 is 11.4 Å². The SMILES string of the molecule is O=[N+]([O-])c1ccc(OC2O[C@H](CO)[C@@H](O[C@@H]3O[C@H](CO)[C@@H](O[C@@H]4O[C@H](CO)[C@@H](O)[C@H](O)[C@@H]4O)[C@H](O)[C@@H]3O)[C@H](O)[C@@H]2F)c([N+](=O)[O-])c1. The standard InChI is InChI=1S/C24H33FN2O19/c25-13-15(32)20(11(5-29)43-22(13)41-9-2-1-7(26(37)38)3-8(9)27(39)40)45-24-19(36)17(34)21(12(6-30)44-24)46-23-18(35)16(33)14(31)10(4-28)42-23/h1-3,10-24,28-36H,4-6H2/t10-,11-,12-,13+,14-,15-,16+,17-,18+,19+,20-,21-,22?,23+,24+/m1/s1. The smallest absolute Gasteiger partial charge is 0.317 e. The molecule has 1 aromatic carbocycles. The van der Waals surface area contributed by atoms with E-state index in [9.17, 15) is 66.2 Å². The van der Waals surface area contributed by atoms with Gasteiger partial charge in [-0.15, -0.1) is 0 Å². The molecular weight excluding hydrogens is 639 g/mol. The molecule has 3 saturated heterocycles. The number of nitro groups is 2. The Morgan fingerprint density at radius 1 is 0.674 bits per heavy atom. The lowest BCUT2D eigenvalue weighted by molar-refractivity contribution is -0.395. The van der Waals surface area contributed by atoms with Crippen LogP contribution in [0, 0.1) is 20.2 Å². The highest BCUT2D eigenvalue weighted by atomic mass is 19.1. The highest BCUT2D eigenvalue weighted by Crippen LogP contribution is 2.36. The monoisotopic (exact) mass is 672 g/mol. The van der Waals surface area contributed by atoms with Crippen molar-refractivity contribution < 1.29 is 88.6 Å². The molecule has 0 saturated carbocycles. The molecule has 4 rings (SSSR count). The number of alkyl halides is 1. The number of nitro benzene ring substituents is 2. The van der Waals surface area contributed by atoms with Crippen LogP contribution in [0.5, 0.6) is 5.75 Å². The van der Waals surface area contributed by atoms with Gasteiger partial charge in [0.2, 0.25) is 12.0 Å². The third-order valence-electron chi connectivity index (χ3n) is 7.62. The Hall–Kier alpha value is -2.81. The first kappa shape index (κ1) is 36.0. The number of ether oxygens (including phenoxy) is 6. The molecule has 1 unspecified atom stereocenters. The maximum absolute atomic E-state index is 15.3. The van der Waals surface area contributed by atoms with E-state index >= 15 is 4.39 Å². The van der Waals surface area contributed by atoms with Crippen LogP contribution in [-0.4, -0.2) is 168 Å². The average Bonchev–Trinajstić information content (AvgIpc) is 3.03. The first-order chi connectivity index (χ1) is 21.7. The van der Waals surface area contributed by atoms with Crippen LogP contribution in [0.15, 0.2) is 18.2 Å². The molecule has 0 aromatic heterocycles. The summed E-state index contributed by atoms with van der Waals surface area (Å²) in [6, 6.07) is 2.19. The number of rotatable bonds is 11. The van der Waals surface area contributed by atoms with Gasteiger partial charge in [0.15, 0.2) is 18.8 Å². The molecule has 21 nitrogen and oxygen atoms in total. The van der Waals surface area contributed by atoms with Crippen LogP contribution in [0.1, 0.15) is 0 Å². The molecule has 3 aliphatic heterocycles. The maximum atomic E-state index is 15.3. The van der Waals surface area contributed by atoms with E-state index in [0.717, 1.165) is 12.1 Å². The second-order valence-corrected chi connectivity index (χ2v) is 10.5. The number of benzene rings is 1. The summed E-state index contributed by atoms with van der Waals surface area (Å²) in [6.07, 6.45) is -28.5. The fourth-order valence-corrected chi connectivity index (χ4v) is 5.10. The van der Waals surface area contributed by atoms with Gasteiger partial charge in [0.25, 0.3) is 5.69 Å². The minimum atomic E-state index is -2.55. The van der Waals surface area contributed by atoms with Crippen LogP contribution in [-0.2, 0) is 23.7 Å². The Morgan fingerprint density at radius 2 is 1.17 bits per heavy atom.